The smallest absolute Gasteiger partial charge is 0.0719 e. The lowest BCUT2D eigenvalue weighted by molar-refractivity contribution is 1.43. The first-order chi connectivity index (χ1) is 4.02. The van der Waals surface area contributed by atoms with Gasteiger partial charge in [-0.2, -0.15) is 0 Å². The van der Waals surface area contributed by atoms with Gasteiger partial charge in [-0.15, -0.1) is 7.47 Å². The third kappa shape index (κ3) is 3.37. The highest BCUT2D eigenvalue weighted by atomic mass is 31.4. The first-order valence-corrected chi connectivity index (χ1v) is 9.82. The second-order valence-corrected chi connectivity index (χ2v) is 16.0. The van der Waals surface area contributed by atoms with Crippen molar-refractivity contribution >= 4 is 15.2 Å². The molecular weight excluding hydrogens is 143 g/mol. The zero-order valence-electron chi connectivity index (χ0n) is 7.36. The summed E-state index contributed by atoms with van der Waals surface area (Å²) in [5, 5.41) is 0. The molecule has 0 bridgehead atoms. The summed E-state index contributed by atoms with van der Waals surface area (Å²) in [5.41, 5.74) is 0. The van der Waals surface area contributed by atoms with Crippen molar-refractivity contribution in [2.24, 2.45) is 0 Å². The van der Waals surface area contributed by atoms with E-state index in [1.165, 1.54) is 12.3 Å². The summed E-state index contributed by atoms with van der Waals surface area (Å²) in [6, 6.07) is 0. The van der Waals surface area contributed by atoms with E-state index >= 15 is 0 Å². The van der Waals surface area contributed by atoms with Gasteiger partial charge in [-0.1, -0.05) is 33.5 Å². The minimum atomic E-state index is -0.722. The highest BCUT2D eigenvalue weighted by Crippen LogP contribution is 2.45. The SMILES string of the molecule is CCP(CC)[Si](C)(C)C. The predicted octanol–water partition coefficient (Wildman–Crippen LogP) is 3.34. The lowest BCUT2D eigenvalue weighted by atomic mass is 11.0. The summed E-state index contributed by atoms with van der Waals surface area (Å²) < 4.78 is 0. The molecule has 0 heterocycles. The third-order valence-electron chi connectivity index (χ3n) is 1.71. The molecule has 0 amide bonds. The molecule has 0 aromatic carbocycles. The van der Waals surface area contributed by atoms with Gasteiger partial charge in [0, 0.05) is 0 Å². The van der Waals surface area contributed by atoms with Gasteiger partial charge in [0.15, 0.2) is 0 Å². The first-order valence-electron chi connectivity index (χ1n) is 3.77. The second-order valence-electron chi connectivity index (χ2n) is 3.34. The van der Waals surface area contributed by atoms with E-state index in [1.807, 2.05) is 0 Å². The fourth-order valence-electron chi connectivity index (χ4n) is 1.17. The van der Waals surface area contributed by atoms with Crippen molar-refractivity contribution in [3.8, 4) is 0 Å². The van der Waals surface area contributed by atoms with E-state index in [4.69, 9.17) is 0 Å². The summed E-state index contributed by atoms with van der Waals surface area (Å²) in [6.45, 7) is 12.2. The van der Waals surface area contributed by atoms with Crippen LogP contribution in [0.3, 0.4) is 0 Å². The Bertz CT molecular complexity index is 71.5. The quantitative estimate of drug-likeness (QED) is 0.441. The molecule has 0 N–H and O–H groups in total. The van der Waals surface area contributed by atoms with Gasteiger partial charge in [-0.3, -0.25) is 0 Å². The van der Waals surface area contributed by atoms with Gasteiger partial charge in [0.25, 0.3) is 0 Å². The van der Waals surface area contributed by atoms with Crippen molar-refractivity contribution in [1.82, 2.24) is 0 Å². The van der Waals surface area contributed by atoms with Crippen LogP contribution in [0.25, 0.3) is 0 Å². The van der Waals surface area contributed by atoms with Crippen molar-refractivity contribution < 1.29 is 0 Å². The van der Waals surface area contributed by atoms with Crippen LogP contribution in [0.5, 0.6) is 0 Å². The molecular formula is C7H19PSi. The number of hydrogen-bond acceptors (Lipinski definition) is 0. The molecule has 0 fully saturated rings. The maximum Gasteiger partial charge on any atom is 0.0719 e. The Morgan fingerprint density at radius 3 is 1.33 bits per heavy atom. The Labute approximate surface area is 61.7 Å². The van der Waals surface area contributed by atoms with Gasteiger partial charge in [-0.05, 0) is 12.3 Å². The fraction of sp³-hybridized carbons (Fsp3) is 1.00. The molecule has 0 rings (SSSR count). The zero-order valence-corrected chi connectivity index (χ0v) is 9.26. The zero-order chi connectivity index (χ0) is 7.49. The molecule has 0 aromatic rings. The van der Waals surface area contributed by atoms with Crippen molar-refractivity contribution in [1.29, 1.82) is 0 Å². The van der Waals surface area contributed by atoms with E-state index in [1.54, 1.807) is 0 Å². The molecule has 0 radical (unpaired) electrons. The van der Waals surface area contributed by atoms with Crippen LogP contribution in [0.15, 0.2) is 0 Å². The van der Waals surface area contributed by atoms with Gasteiger partial charge in [0.2, 0.25) is 0 Å². The Kier molecular flexibility index (Phi) is 4.00. The molecule has 0 spiro atoms. The summed E-state index contributed by atoms with van der Waals surface area (Å²) >= 11 is 0. The largest absolute Gasteiger partial charge is 0.119 e. The Morgan fingerprint density at radius 1 is 1.00 bits per heavy atom. The van der Waals surface area contributed by atoms with E-state index < -0.39 is 7.74 Å². The van der Waals surface area contributed by atoms with Gasteiger partial charge in [-0.25, -0.2) is 0 Å². The molecule has 0 aliphatic heterocycles. The average molecular weight is 162 g/mol. The Balaban J connectivity index is 3.79. The number of rotatable bonds is 3. The van der Waals surface area contributed by atoms with E-state index in [0.29, 0.717) is 7.47 Å². The van der Waals surface area contributed by atoms with Gasteiger partial charge in [0.1, 0.15) is 0 Å². The van der Waals surface area contributed by atoms with Crippen LogP contribution in [0.2, 0.25) is 19.6 Å². The average Bonchev–Trinajstić information content (AvgIpc) is 1.65. The topological polar surface area (TPSA) is 0 Å². The molecule has 56 valence electrons. The van der Waals surface area contributed by atoms with Crippen LogP contribution in [-0.4, -0.2) is 20.1 Å². The van der Waals surface area contributed by atoms with Crippen LogP contribution >= 0.6 is 7.47 Å². The van der Waals surface area contributed by atoms with E-state index in [2.05, 4.69) is 33.5 Å². The summed E-state index contributed by atoms with van der Waals surface area (Å²) in [4.78, 5) is 0. The molecule has 2 heteroatoms. The van der Waals surface area contributed by atoms with Crippen molar-refractivity contribution in [3.05, 3.63) is 0 Å². The lowest BCUT2D eigenvalue weighted by Crippen LogP contribution is -2.19. The van der Waals surface area contributed by atoms with Crippen LogP contribution in [0.4, 0.5) is 0 Å². The summed E-state index contributed by atoms with van der Waals surface area (Å²) in [5.74, 6) is 0. The number of hydrogen-bond donors (Lipinski definition) is 0. The van der Waals surface area contributed by atoms with E-state index in [-0.39, 0.29) is 0 Å². The van der Waals surface area contributed by atoms with E-state index in [0.717, 1.165) is 0 Å². The highest BCUT2D eigenvalue weighted by Gasteiger charge is 2.21. The van der Waals surface area contributed by atoms with Crippen LogP contribution in [-0.2, 0) is 0 Å². The lowest BCUT2D eigenvalue weighted by Gasteiger charge is -2.27. The predicted molar refractivity (Wildman–Crippen MR) is 51.3 cm³/mol. The highest BCUT2D eigenvalue weighted by molar-refractivity contribution is 7.94. The minimum absolute atomic E-state index is 0.442. The fourth-order valence-corrected chi connectivity index (χ4v) is 9.21. The molecule has 0 aliphatic carbocycles. The molecule has 0 unspecified atom stereocenters. The molecule has 0 aromatic heterocycles. The molecule has 0 saturated heterocycles. The molecule has 0 atom stereocenters. The second kappa shape index (κ2) is 3.73. The van der Waals surface area contributed by atoms with E-state index in [9.17, 15) is 0 Å². The Hall–Kier alpha value is 0.647. The van der Waals surface area contributed by atoms with Gasteiger partial charge < -0.3 is 0 Å². The van der Waals surface area contributed by atoms with Crippen molar-refractivity contribution in [2.45, 2.75) is 33.5 Å². The summed E-state index contributed by atoms with van der Waals surface area (Å²) in [7, 11) is -0.280. The van der Waals surface area contributed by atoms with Crippen molar-refractivity contribution in [3.63, 3.8) is 0 Å². The molecule has 0 aliphatic rings. The molecule has 9 heavy (non-hydrogen) atoms. The van der Waals surface area contributed by atoms with Crippen LogP contribution in [0.1, 0.15) is 13.8 Å². The van der Waals surface area contributed by atoms with Crippen molar-refractivity contribution in [2.75, 3.05) is 12.3 Å². The maximum atomic E-state index is 2.49. The third-order valence-corrected chi connectivity index (χ3v) is 12.7. The van der Waals surface area contributed by atoms with Gasteiger partial charge >= 0.3 is 0 Å². The Morgan fingerprint density at radius 2 is 1.33 bits per heavy atom. The summed E-state index contributed by atoms with van der Waals surface area (Å²) in [6.07, 6.45) is 2.89. The monoisotopic (exact) mass is 162 g/mol. The van der Waals surface area contributed by atoms with Crippen LogP contribution < -0.4 is 0 Å². The molecule has 0 saturated carbocycles. The standard InChI is InChI=1S/C7H19PSi/c1-6-8(7-2)9(3,4)5/h6-7H2,1-5H3. The minimum Gasteiger partial charge on any atom is -0.119 e. The normalized spacial score (nSPS) is 12.7. The molecule has 0 nitrogen and oxygen atoms in total. The first kappa shape index (κ1) is 9.65. The maximum absolute atomic E-state index is 2.49. The van der Waals surface area contributed by atoms with Gasteiger partial charge in [0.05, 0.1) is 7.74 Å². The van der Waals surface area contributed by atoms with Crippen LogP contribution in [0, 0.1) is 0 Å².